The van der Waals surface area contributed by atoms with Crippen molar-refractivity contribution < 1.29 is 27.2 Å². The largest absolute Gasteiger partial charge is 0.444 e. The van der Waals surface area contributed by atoms with Crippen molar-refractivity contribution in [3.8, 4) is 0 Å². The number of alkyl carbamates (subject to hydrolysis) is 1. The molecule has 1 heterocycles. The molecule has 1 atom stereocenters. The summed E-state index contributed by atoms with van der Waals surface area (Å²) < 4.78 is 34.1. The molecule has 0 aliphatic heterocycles. The number of aromatic nitrogens is 2. The maximum Gasteiger partial charge on any atom is 0.408 e. The third-order valence-corrected chi connectivity index (χ3v) is 4.08. The zero-order valence-electron chi connectivity index (χ0n) is 14.9. The Bertz CT molecular complexity index is 720. The lowest BCUT2D eigenvalue weighted by atomic mass is 10.0. The normalized spacial score (nSPS) is 13.5. The van der Waals surface area contributed by atoms with Crippen LogP contribution in [0.5, 0.6) is 0 Å². The van der Waals surface area contributed by atoms with Crippen LogP contribution in [0.25, 0.3) is 0 Å². The Labute approximate surface area is 146 Å². The van der Waals surface area contributed by atoms with Gasteiger partial charge in [-0.15, -0.1) is 5.10 Å². The van der Waals surface area contributed by atoms with E-state index in [1.54, 1.807) is 20.8 Å². The Hall–Kier alpha value is -2.17. The van der Waals surface area contributed by atoms with Crippen LogP contribution < -0.4 is 11.1 Å². The van der Waals surface area contributed by atoms with Crippen LogP contribution in [0.1, 0.15) is 53.0 Å². The van der Waals surface area contributed by atoms with E-state index in [-0.39, 0.29) is 11.8 Å². The van der Waals surface area contributed by atoms with Crippen LogP contribution >= 0.6 is 0 Å². The van der Waals surface area contributed by atoms with Gasteiger partial charge in [0.25, 0.3) is 0 Å². The molecule has 0 saturated carbocycles. The Morgan fingerprint density at radius 3 is 2.36 bits per heavy atom. The summed E-state index contributed by atoms with van der Waals surface area (Å²) in [5, 5.41) is 8.98. The zero-order chi connectivity index (χ0) is 19.4. The number of hydrogen-bond donors (Lipinski definition) is 2. The highest BCUT2D eigenvalue weighted by atomic mass is 32.2. The molecule has 0 aromatic carbocycles. The van der Waals surface area contributed by atoms with E-state index in [4.69, 9.17) is 14.9 Å². The van der Waals surface area contributed by atoms with Crippen LogP contribution in [0.4, 0.5) is 4.79 Å². The van der Waals surface area contributed by atoms with Gasteiger partial charge in [-0.3, -0.25) is 4.79 Å². The number of nitrogens with zero attached hydrogens (tertiary/aromatic N) is 2. The quantitative estimate of drug-likeness (QED) is 0.712. The van der Waals surface area contributed by atoms with E-state index in [9.17, 15) is 18.0 Å². The Kier molecular flexibility index (Phi) is 6.52. The molecule has 1 aromatic rings. The van der Waals surface area contributed by atoms with Gasteiger partial charge in [0.15, 0.2) is 0 Å². The number of amides is 2. The molecule has 0 aliphatic rings. The van der Waals surface area contributed by atoms with Gasteiger partial charge in [0.1, 0.15) is 17.4 Å². The van der Waals surface area contributed by atoms with Crippen molar-refractivity contribution in [2.24, 2.45) is 11.7 Å². The monoisotopic (exact) mass is 376 g/mol. The fraction of sp³-hybridized carbons (Fsp3) is 0.714. The minimum atomic E-state index is -4.12. The number of ether oxygens (including phenoxy) is 1. The van der Waals surface area contributed by atoms with Gasteiger partial charge in [-0.2, -0.15) is 0 Å². The van der Waals surface area contributed by atoms with Gasteiger partial charge in [0, 0.05) is 0 Å². The minimum absolute atomic E-state index is 0.0948. The lowest BCUT2D eigenvalue weighted by Crippen LogP contribution is -2.35. The van der Waals surface area contributed by atoms with E-state index in [2.05, 4.69) is 15.5 Å². The van der Waals surface area contributed by atoms with E-state index in [0.717, 1.165) is 0 Å². The number of carbonyl (C=O) groups excluding carboxylic acids is 2. The highest BCUT2D eigenvalue weighted by Crippen LogP contribution is 2.22. The molecule has 0 fully saturated rings. The molecule has 0 radical (unpaired) electrons. The number of carbonyl (C=O) groups is 2. The van der Waals surface area contributed by atoms with E-state index in [0.29, 0.717) is 6.42 Å². The molecule has 1 aromatic heterocycles. The zero-order valence-corrected chi connectivity index (χ0v) is 15.7. The number of nitrogens with one attached hydrogen (secondary N) is 1. The first kappa shape index (κ1) is 20.9. The van der Waals surface area contributed by atoms with E-state index >= 15 is 0 Å². The molecule has 142 valence electrons. The second kappa shape index (κ2) is 7.81. The second-order valence-electron chi connectivity index (χ2n) is 6.96. The topological polar surface area (TPSA) is 154 Å². The molecule has 3 N–H and O–H groups in total. The second-order valence-corrected chi connectivity index (χ2v) is 8.83. The van der Waals surface area contributed by atoms with Crippen molar-refractivity contribution in [3.05, 3.63) is 5.89 Å². The third-order valence-electron chi connectivity index (χ3n) is 2.72. The number of hydrogen-bond acceptors (Lipinski definition) is 8. The van der Waals surface area contributed by atoms with Crippen LogP contribution in [-0.4, -0.2) is 42.0 Å². The summed E-state index contributed by atoms with van der Waals surface area (Å²) in [6, 6.07) is -0.736. The average Bonchev–Trinajstić information content (AvgIpc) is 2.83. The summed E-state index contributed by atoms with van der Waals surface area (Å²) in [7, 11) is -4.12. The third kappa shape index (κ3) is 7.08. The summed E-state index contributed by atoms with van der Waals surface area (Å²) in [5.41, 5.74) is 4.19. The maximum atomic E-state index is 12.0. The van der Waals surface area contributed by atoms with Crippen molar-refractivity contribution in [2.45, 2.75) is 57.9 Å². The summed E-state index contributed by atoms with van der Waals surface area (Å²) in [6.07, 6.45) is -0.283. The first-order valence-corrected chi connectivity index (χ1v) is 9.29. The van der Waals surface area contributed by atoms with Crippen molar-refractivity contribution in [2.75, 3.05) is 5.75 Å². The van der Waals surface area contributed by atoms with E-state index in [1.165, 1.54) is 0 Å². The highest BCUT2D eigenvalue weighted by Gasteiger charge is 2.29. The molecule has 0 saturated heterocycles. The molecule has 0 spiro atoms. The van der Waals surface area contributed by atoms with Crippen molar-refractivity contribution in [3.63, 3.8) is 0 Å². The molecule has 11 heteroatoms. The molecule has 1 rings (SSSR count). The molecule has 25 heavy (non-hydrogen) atoms. The average molecular weight is 376 g/mol. The number of rotatable bonds is 7. The molecule has 2 amide bonds. The van der Waals surface area contributed by atoms with Crippen LogP contribution in [-0.2, 0) is 19.4 Å². The van der Waals surface area contributed by atoms with E-state index in [1.807, 2.05) is 13.8 Å². The predicted molar refractivity (Wildman–Crippen MR) is 87.1 cm³/mol. The van der Waals surface area contributed by atoms with Crippen LogP contribution in [0.3, 0.4) is 0 Å². The molecular formula is C14H24N4O6S. The van der Waals surface area contributed by atoms with Crippen molar-refractivity contribution in [1.29, 1.82) is 0 Å². The Balaban J connectivity index is 3.01. The van der Waals surface area contributed by atoms with Gasteiger partial charge >= 0.3 is 11.3 Å². The van der Waals surface area contributed by atoms with Gasteiger partial charge in [0.05, 0.1) is 0 Å². The summed E-state index contributed by atoms with van der Waals surface area (Å²) in [4.78, 5) is 22.8. The van der Waals surface area contributed by atoms with Gasteiger partial charge in [-0.25, -0.2) is 13.2 Å². The SMILES string of the molecule is CC(C)CC(NC(=O)OC(C)(C)C)c1nnc(S(=O)(=O)CC(N)=O)o1. The summed E-state index contributed by atoms with van der Waals surface area (Å²) in [5.74, 6) is -1.94. The smallest absolute Gasteiger partial charge is 0.408 e. The standard InChI is InChI=1S/C14H24N4O6S/c1-8(2)6-9(16-12(20)24-14(3,4)5)11-17-18-13(23-11)25(21,22)7-10(15)19/h8-9H,6-7H2,1-5H3,(H2,15,19)(H,16,20). The van der Waals surface area contributed by atoms with Crippen molar-refractivity contribution in [1.82, 2.24) is 15.5 Å². The molecule has 0 bridgehead atoms. The lowest BCUT2D eigenvalue weighted by molar-refractivity contribution is -0.115. The Morgan fingerprint density at radius 1 is 1.28 bits per heavy atom. The van der Waals surface area contributed by atoms with Crippen LogP contribution in [0.2, 0.25) is 0 Å². The highest BCUT2D eigenvalue weighted by molar-refractivity contribution is 7.91. The van der Waals surface area contributed by atoms with Crippen LogP contribution in [0.15, 0.2) is 9.64 Å². The number of sulfone groups is 1. The summed E-state index contributed by atoms with van der Waals surface area (Å²) in [6.45, 7) is 8.96. The number of nitrogens with two attached hydrogens (primary N) is 1. The van der Waals surface area contributed by atoms with Crippen molar-refractivity contribution >= 4 is 21.8 Å². The first-order chi connectivity index (χ1) is 11.3. The number of primary amides is 1. The maximum absolute atomic E-state index is 12.0. The van der Waals surface area contributed by atoms with Crippen LogP contribution in [0, 0.1) is 5.92 Å². The Morgan fingerprint density at radius 2 is 1.88 bits per heavy atom. The lowest BCUT2D eigenvalue weighted by Gasteiger charge is -2.22. The van der Waals surface area contributed by atoms with Gasteiger partial charge < -0.3 is 20.2 Å². The molecule has 0 aliphatic carbocycles. The van der Waals surface area contributed by atoms with E-state index < -0.39 is 44.5 Å². The predicted octanol–water partition coefficient (Wildman–Crippen LogP) is 0.941. The fourth-order valence-corrected chi connectivity index (χ4v) is 2.75. The fourth-order valence-electron chi connectivity index (χ4n) is 1.88. The molecular weight excluding hydrogens is 352 g/mol. The van der Waals surface area contributed by atoms with Gasteiger partial charge in [0.2, 0.25) is 21.6 Å². The molecule has 1 unspecified atom stereocenters. The minimum Gasteiger partial charge on any atom is -0.444 e. The molecule has 10 nitrogen and oxygen atoms in total. The summed E-state index contributed by atoms with van der Waals surface area (Å²) >= 11 is 0. The first-order valence-electron chi connectivity index (χ1n) is 7.64. The van der Waals surface area contributed by atoms with Gasteiger partial charge in [-0.05, 0) is 33.1 Å². The van der Waals surface area contributed by atoms with Gasteiger partial charge in [-0.1, -0.05) is 18.9 Å².